The Hall–Kier alpha value is -1.50. The lowest BCUT2D eigenvalue weighted by atomic mass is 9.76. The van der Waals surface area contributed by atoms with Gasteiger partial charge >= 0.3 is 0 Å². The van der Waals surface area contributed by atoms with Crippen molar-refractivity contribution < 1.29 is 4.79 Å². The Morgan fingerprint density at radius 3 is 3.16 bits per heavy atom. The van der Waals surface area contributed by atoms with Crippen molar-refractivity contribution in [3.63, 3.8) is 0 Å². The average molecular weight is 324 g/mol. The lowest BCUT2D eigenvalue weighted by molar-refractivity contribution is 0.0324. The molecule has 0 aliphatic carbocycles. The number of aromatic nitrogens is 1. The van der Waals surface area contributed by atoms with Gasteiger partial charge in [0.15, 0.2) is 11.6 Å². The summed E-state index contributed by atoms with van der Waals surface area (Å²) in [5.41, 5.74) is 6.43. The quantitative estimate of drug-likeness (QED) is 0.661. The maximum Gasteiger partial charge on any atom is 0.272 e. The molecule has 100 valence electrons. The van der Waals surface area contributed by atoms with Crippen LogP contribution in [0.15, 0.2) is 15.7 Å². The number of hydrogen-bond donors (Lipinski definition) is 3. The van der Waals surface area contributed by atoms with Gasteiger partial charge in [-0.1, -0.05) is 0 Å². The molecule has 0 bridgehead atoms. The van der Waals surface area contributed by atoms with E-state index in [-0.39, 0.29) is 5.91 Å². The average Bonchev–Trinajstić information content (AvgIpc) is 2.97. The van der Waals surface area contributed by atoms with Crippen molar-refractivity contribution in [3.05, 3.63) is 21.9 Å². The minimum Gasteiger partial charge on any atom is -0.370 e. The minimum absolute atomic E-state index is 0.0101. The summed E-state index contributed by atoms with van der Waals surface area (Å²) >= 11 is 3.53. The van der Waals surface area contributed by atoms with E-state index in [1.54, 1.807) is 6.20 Å². The molecule has 1 fully saturated rings. The number of H-pyrrole nitrogens is 1. The van der Waals surface area contributed by atoms with Gasteiger partial charge in [-0.15, -0.1) is 0 Å². The van der Waals surface area contributed by atoms with Crippen LogP contribution in [0.4, 0.5) is 0 Å². The number of carbonyl (C=O) groups excluding carboxylic acids is 1. The second-order valence-electron chi connectivity index (χ2n) is 5.51. The van der Waals surface area contributed by atoms with Gasteiger partial charge in [0, 0.05) is 22.8 Å². The van der Waals surface area contributed by atoms with Crippen molar-refractivity contribution >= 4 is 27.8 Å². The number of rotatable bonds is 0. The van der Waals surface area contributed by atoms with Crippen molar-refractivity contribution in [2.45, 2.75) is 31.0 Å². The minimum atomic E-state index is -0.578. The summed E-state index contributed by atoms with van der Waals surface area (Å²) in [6.45, 7) is 2.79. The van der Waals surface area contributed by atoms with E-state index in [9.17, 15) is 4.79 Å². The molecule has 2 atom stereocenters. The molecule has 0 unspecified atom stereocenters. The molecule has 0 aromatic carbocycles. The van der Waals surface area contributed by atoms with Gasteiger partial charge in [0.1, 0.15) is 11.2 Å². The first-order valence-corrected chi connectivity index (χ1v) is 7.12. The summed E-state index contributed by atoms with van der Waals surface area (Å²) in [5.74, 6) is 0.416. The zero-order valence-corrected chi connectivity index (χ0v) is 12.0. The summed E-state index contributed by atoms with van der Waals surface area (Å²) in [4.78, 5) is 22.2. The fraction of sp³-hybridized carbons (Fsp3) is 0.500. The van der Waals surface area contributed by atoms with Crippen molar-refractivity contribution in [2.75, 3.05) is 6.54 Å². The van der Waals surface area contributed by atoms with E-state index in [2.05, 4.69) is 38.1 Å². The number of guanidine groups is 1. The highest BCUT2D eigenvalue weighted by atomic mass is 79.9. The van der Waals surface area contributed by atoms with Crippen LogP contribution in [0.3, 0.4) is 0 Å². The van der Waals surface area contributed by atoms with Crippen LogP contribution < -0.4 is 11.1 Å². The highest BCUT2D eigenvalue weighted by molar-refractivity contribution is 9.10. The number of halogens is 1. The first kappa shape index (κ1) is 11.3. The topological polar surface area (TPSA) is 86.5 Å². The summed E-state index contributed by atoms with van der Waals surface area (Å²) in [6.07, 6.45) is 3.58. The summed E-state index contributed by atoms with van der Waals surface area (Å²) in [6, 6.07) is 0. The molecule has 1 aromatic rings. The molecule has 1 spiro atoms. The van der Waals surface area contributed by atoms with Crippen LogP contribution in [0.5, 0.6) is 0 Å². The van der Waals surface area contributed by atoms with Gasteiger partial charge in [0.25, 0.3) is 5.91 Å². The highest BCUT2D eigenvalue weighted by Crippen LogP contribution is 2.53. The van der Waals surface area contributed by atoms with Crippen LogP contribution in [0.2, 0.25) is 0 Å². The van der Waals surface area contributed by atoms with Crippen LogP contribution in [-0.4, -0.2) is 34.0 Å². The highest BCUT2D eigenvalue weighted by Gasteiger charge is 2.65. The van der Waals surface area contributed by atoms with Gasteiger partial charge in [0.05, 0.1) is 0 Å². The number of fused-ring (bicyclic) bond motifs is 2. The molecule has 4 heterocycles. The number of nitrogens with one attached hydrogen (secondary N) is 2. The maximum absolute atomic E-state index is 12.6. The SMILES string of the molecule is C[C@]12NC(N)=N[C@]13CCCN3C(=O)c1[nH]cc(Br)c12. The molecule has 1 saturated heterocycles. The Bertz CT molecular complexity index is 638. The van der Waals surface area contributed by atoms with Gasteiger partial charge in [0.2, 0.25) is 0 Å². The van der Waals surface area contributed by atoms with Crippen LogP contribution in [0, 0.1) is 0 Å². The van der Waals surface area contributed by atoms with Crippen LogP contribution >= 0.6 is 15.9 Å². The number of carbonyl (C=O) groups is 1. The van der Waals surface area contributed by atoms with Crippen LogP contribution in [0.1, 0.15) is 35.8 Å². The smallest absolute Gasteiger partial charge is 0.272 e. The normalized spacial score (nSPS) is 35.6. The van der Waals surface area contributed by atoms with Crippen molar-refractivity contribution in [1.29, 1.82) is 0 Å². The molecule has 1 aromatic heterocycles. The molecular formula is C12H14BrN5O. The fourth-order valence-corrected chi connectivity index (χ4v) is 4.57. The van der Waals surface area contributed by atoms with Gasteiger partial charge in [-0.3, -0.25) is 4.79 Å². The third-order valence-electron chi connectivity index (χ3n) is 4.63. The first-order valence-electron chi connectivity index (χ1n) is 6.32. The molecule has 19 heavy (non-hydrogen) atoms. The van der Waals surface area contributed by atoms with Crippen LogP contribution in [0.25, 0.3) is 0 Å². The van der Waals surface area contributed by atoms with E-state index >= 15 is 0 Å². The van der Waals surface area contributed by atoms with Gasteiger partial charge in [-0.05, 0) is 35.7 Å². The van der Waals surface area contributed by atoms with Crippen molar-refractivity contribution in [3.8, 4) is 0 Å². The van der Waals surface area contributed by atoms with Gasteiger partial charge in [-0.2, -0.15) is 0 Å². The molecule has 4 rings (SSSR count). The molecule has 6 nitrogen and oxygen atoms in total. The molecule has 3 aliphatic heterocycles. The number of nitrogens with zero attached hydrogens (tertiary/aromatic N) is 2. The Balaban J connectivity index is 2.06. The standard InChI is InChI=1S/C12H14BrN5O/c1-11-7-6(13)5-15-8(7)9(19)18-4-2-3-12(11,18)17-10(14)16-11/h5,15H,2-4H2,1H3,(H3,14,16,17)/t11-,12+/m1/s1. The molecule has 0 saturated carbocycles. The predicted molar refractivity (Wildman–Crippen MR) is 73.6 cm³/mol. The predicted octanol–water partition coefficient (Wildman–Crippen LogP) is 0.856. The zero-order valence-electron chi connectivity index (χ0n) is 10.5. The number of aromatic amines is 1. The Morgan fingerprint density at radius 2 is 2.37 bits per heavy atom. The van der Waals surface area contributed by atoms with E-state index in [1.807, 2.05) is 4.90 Å². The summed E-state index contributed by atoms with van der Waals surface area (Å²) in [7, 11) is 0. The first-order chi connectivity index (χ1) is 8.99. The van der Waals surface area contributed by atoms with Gasteiger partial charge in [-0.25, -0.2) is 4.99 Å². The Morgan fingerprint density at radius 1 is 1.58 bits per heavy atom. The molecule has 1 amide bonds. The third-order valence-corrected chi connectivity index (χ3v) is 5.25. The zero-order chi connectivity index (χ0) is 13.4. The number of amides is 1. The van der Waals surface area contributed by atoms with E-state index in [1.165, 1.54) is 0 Å². The largest absolute Gasteiger partial charge is 0.370 e. The molecule has 3 aliphatic rings. The van der Waals surface area contributed by atoms with Crippen molar-refractivity contribution in [1.82, 2.24) is 15.2 Å². The second kappa shape index (κ2) is 3.15. The molecular weight excluding hydrogens is 310 g/mol. The number of nitrogens with two attached hydrogens (primary N) is 1. The number of aliphatic imine (C=N–C) groups is 1. The monoisotopic (exact) mass is 323 g/mol. The Labute approximate surface area is 118 Å². The number of hydrogen-bond acceptors (Lipinski definition) is 4. The van der Waals surface area contributed by atoms with E-state index < -0.39 is 11.2 Å². The lowest BCUT2D eigenvalue weighted by Crippen LogP contribution is -2.64. The van der Waals surface area contributed by atoms with E-state index in [0.717, 1.165) is 29.4 Å². The third kappa shape index (κ3) is 1.05. The lowest BCUT2D eigenvalue weighted by Gasteiger charge is -2.48. The second-order valence-corrected chi connectivity index (χ2v) is 6.36. The van der Waals surface area contributed by atoms with E-state index in [4.69, 9.17) is 5.73 Å². The molecule has 4 N–H and O–H groups in total. The van der Waals surface area contributed by atoms with Gasteiger partial charge < -0.3 is 20.9 Å². The van der Waals surface area contributed by atoms with Crippen LogP contribution in [-0.2, 0) is 5.54 Å². The fourth-order valence-electron chi connectivity index (χ4n) is 3.86. The van der Waals surface area contributed by atoms with Crippen molar-refractivity contribution in [2.24, 2.45) is 10.7 Å². The molecule has 0 radical (unpaired) electrons. The summed E-state index contributed by atoms with van der Waals surface area (Å²) in [5, 5.41) is 3.28. The maximum atomic E-state index is 12.6. The molecule has 7 heteroatoms. The van der Waals surface area contributed by atoms with E-state index in [0.29, 0.717) is 11.7 Å². The summed E-state index contributed by atoms with van der Waals surface area (Å²) < 4.78 is 0.890. The Kier molecular flexibility index (Phi) is 1.88.